The minimum Gasteiger partial charge on any atom is -0.477 e. The largest absolute Gasteiger partial charge is 0.477 e. The van der Waals surface area contributed by atoms with Crippen LogP contribution < -0.4 is 5.43 Å². The molecule has 0 amide bonds. The highest BCUT2D eigenvalue weighted by atomic mass is 32.2. The van der Waals surface area contributed by atoms with Crippen LogP contribution in [0.3, 0.4) is 0 Å². The third-order valence-corrected chi connectivity index (χ3v) is 4.42. The van der Waals surface area contributed by atoms with Gasteiger partial charge in [0.15, 0.2) is 4.34 Å². The van der Waals surface area contributed by atoms with Crippen molar-refractivity contribution in [1.29, 1.82) is 0 Å². The Hall–Kier alpha value is -1.34. The Bertz CT molecular complexity index is 645. The molecule has 5 nitrogen and oxygen atoms in total. The van der Waals surface area contributed by atoms with E-state index >= 15 is 0 Å². The number of pyridine rings is 1. The summed E-state index contributed by atoms with van der Waals surface area (Å²) in [4.78, 5) is 27.8. The van der Waals surface area contributed by atoms with Crippen LogP contribution in [0.2, 0.25) is 0 Å². The maximum Gasteiger partial charge on any atom is 0.341 e. The minimum absolute atomic E-state index is 0.225. The number of hydrogen-bond donors (Lipinski definition) is 1. The zero-order valence-corrected chi connectivity index (χ0v) is 10.9. The van der Waals surface area contributed by atoms with E-state index in [1.807, 2.05) is 13.2 Å². The first-order valence-corrected chi connectivity index (χ1v) is 6.93. The summed E-state index contributed by atoms with van der Waals surface area (Å²) in [5.41, 5.74) is -0.479. The van der Waals surface area contributed by atoms with Gasteiger partial charge in [-0.15, -0.1) is 0 Å². The van der Waals surface area contributed by atoms with Gasteiger partial charge in [-0.2, -0.15) is 0 Å². The van der Waals surface area contributed by atoms with E-state index < -0.39 is 11.4 Å². The predicted molar refractivity (Wildman–Crippen MR) is 68.3 cm³/mol. The van der Waals surface area contributed by atoms with Gasteiger partial charge in [-0.05, 0) is 13.2 Å². The molecule has 7 heteroatoms. The number of thioether (sulfide) groups is 1. The lowest BCUT2D eigenvalue weighted by Crippen LogP contribution is -2.18. The number of fused-ring (bicyclic) bond motifs is 1. The van der Waals surface area contributed by atoms with Crippen LogP contribution >= 0.6 is 23.1 Å². The normalized spacial score (nSPS) is 10.9. The summed E-state index contributed by atoms with van der Waals surface area (Å²) in [7, 11) is 0. The molecule has 0 saturated heterocycles. The number of carbonyl (C=O) groups is 1. The molecule has 0 aromatic carbocycles. The first-order chi connectivity index (χ1) is 8.08. The zero-order chi connectivity index (χ0) is 12.6. The van der Waals surface area contributed by atoms with E-state index in [1.165, 1.54) is 29.3 Å². The van der Waals surface area contributed by atoms with Crippen molar-refractivity contribution in [2.24, 2.45) is 0 Å². The number of nitrogens with zero attached hydrogens (tertiary/aromatic N) is 2. The maximum absolute atomic E-state index is 11.9. The van der Waals surface area contributed by atoms with Crippen molar-refractivity contribution in [2.75, 3.05) is 6.26 Å². The lowest BCUT2D eigenvalue weighted by atomic mass is 10.2. The monoisotopic (exact) mass is 270 g/mol. The lowest BCUT2D eigenvalue weighted by Gasteiger charge is -2.04. The van der Waals surface area contributed by atoms with Crippen LogP contribution in [0.25, 0.3) is 10.3 Å². The molecular formula is C10H10N2O3S2. The average Bonchev–Trinajstić information content (AvgIpc) is 2.74. The fraction of sp³-hybridized carbons (Fsp3) is 0.300. The van der Waals surface area contributed by atoms with Crippen LogP contribution in [0, 0.1) is 0 Å². The Kier molecular flexibility index (Phi) is 3.21. The van der Waals surface area contributed by atoms with E-state index in [2.05, 4.69) is 4.98 Å². The summed E-state index contributed by atoms with van der Waals surface area (Å²) < 4.78 is 2.51. The van der Waals surface area contributed by atoms with E-state index in [0.29, 0.717) is 6.54 Å². The smallest absolute Gasteiger partial charge is 0.341 e. The molecule has 2 rings (SSSR count). The number of rotatable bonds is 3. The zero-order valence-electron chi connectivity index (χ0n) is 9.26. The molecule has 0 aliphatic rings. The molecule has 2 aromatic rings. The van der Waals surface area contributed by atoms with E-state index in [9.17, 15) is 9.59 Å². The molecule has 1 N–H and O–H groups in total. The second kappa shape index (κ2) is 4.50. The Morgan fingerprint density at radius 2 is 2.35 bits per heavy atom. The molecular weight excluding hydrogens is 260 g/mol. The Morgan fingerprint density at radius 1 is 1.65 bits per heavy atom. The van der Waals surface area contributed by atoms with Crippen LogP contribution in [0.5, 0.6) is 0 Å². The third kappa shape index (κ3) is 1.96. The highest BCUT2D eigenvalue weighted by Gasteiger charge is 2.17. The quantitative estimate of drug-likeness (QED) is 0.862. The van der Waals surface area contributed by atoms with Crippen molar-refractivity contribution >= 4 is 39.4 Å². The van der Waals surface area contributed by atoms with E-state index in [4.69, 9.17) is 5.11 Å². The van der Waals surface area contributed by atoms with Crippen molar-refractivity contribution in [2.45, 2.75) is 17.8 Å². The van der Waals surface area contributed by atoms with E-state index in [1.54, 1.807) is 4.57 Å². The van der Waals surface area contributed by atoms with E-state index in [0.717, 1.165) is 9.17 Å². The van der Waals surface area contributed by atoms with Gasteiger partial charge in [0.2, 0.25) is 5.43 Å². The van der Waals surface area contributed by atoms with Crippen molar-refractivity contribution < 1.29 is 9.90 Å². The second-order valence-electron chi connectivity index (χ2n) is 3.30. The van der Waals surface area contributed by atoms with Crippen molar-refractivity contribution in [3.63, 3.8) is 0 Å². The van der Waals surface area contributed by atoms with Crippen LogP contribution in [-0.4, -0.2) is 26.9 Å². The lowest BCUT2D eigenvalue weighted by molar-refractivity contribution is 0.0695. The van der Waals surface area contributed by atoms with Gasteiger partial charge in [0, 0.05) is 12.7 Å². The molecule has 0 radical (unpaired) electrons. The van der Waals surface area contributed by atoms with Crippen LogP contribution in [0.15, 0.2) is 15.3 Å². The molecule has 0 aliphatic carbocycles. The van der Waals surface area contributed by atoms with Crippen molar-refractivity contribution in [3.8, 4) is 0 Å². The fourth-order valence-electron chi connectivity index (χ4n) is 1.51. The molecule has 2 heterocycles. The Labute approximate surface area is 105 Å². The van der Waals surface area contributed by atoms with Crippen LogP contribution in [-0.2, 0) is 6.54 Å². The third-order valence-electron chi connectivity index (χ3n) is 2.34. The number of aromatic carboxylic acids is 1. The van der Waals surface area contributed by atoms with Gasteiger partial charge in [-0.3, -0.25) is 4.79 Å². The van der Waals surface area contributed by atoms with Gasteiger partial charge < -0.3 is 9.67 Å². The number of carboxylic acids is 1. The highest BCUT2D eigenvalue weighted by Crippen LogP contribution is 2.26. The molecule has 0 unspecified atom stereocenters. The molecule has 0 aliphatic heterocycles. The topological polar surface area (TPSA) is 72.2 Å². The molecule has 90 valence electrons. The summed E-state index contributed by atoms with van der Waals surface area (Å²) in [5, 5.41) is 8.97. The predicted octanol–water partition coefficient (Wildman–Crippen LogP) is 1.90. The minimum atomic E-state index is -1.21. The van der Waals surface area contributed by atoms with Crippen molar-refractivity contribution in [3.05, 3.63) is 22.0 Å². The van der Waals surface area contributed by atoms with Crippen LogP contribution in [0.1, 0.15) is 17.3 Å². The fourth-order valence-corrected chi connectivity index (χ4v) is 3.10. The molecule has 0 bridgehead atoms. The van der Waals surface area contributed by atoms with Crippen LogP contribution in [0.4, 0.5) is 0 Å². The maximum atomic E-state index is 11.9. The summed E-state index contributed by atoms with van der Waals surface area (Å²) in [5.74, 6) is -1.21. The highest BCUT2D eigenvalue weighted by molar-refractivity contribution is 8.00. The number of thiazole rings is 1. The SMILES string of the molecule is CCn1cc(C(=O)O)c(=O)c2nc(SC)sc21. The van der Waals surface area contributed by atoms with Gasteiger partial charge in [-0.25, -0.2) is 9.78 Å². The molecule has 0 fully saturated rings. The average molecular weight is 270 g/mol. The van der Waals surface area contributed by atoms with Gasteiger partial charge >= 0.3 is 5.97 Å². The van der Waals surface area contributed by atoms with Crippen molar-refractivity contribution in [1.82, 2.24) is 9.55 Å². The molecule has 0 atom stereocenters. The van der Waals surface area contributed by atoms with Gasteiger partial charge in [-0.1, -0.05) is 23.1 Å². The van der Waals surface area contributed by atoms with E-state index in [-0.39, 0.29) is 11.1 Å². The van der Waals surface area contributed by atoms with Gasteiger partial charge in [0.1, 0.15) is 15.9 Å². The standard InChI is InChI=1S/C10H10N2O3S2/c1-3-12-4-5(9(14)15)7(13)6-8(12)17-10(11-6)16-2/h4H,3H2,1-2H3,(H,14,15). The number of carboxylic acid groups (broad SMARTS) is 1. The first-order valence-electron chi connectivity index (χ1n) is 4.89. The van der Waals surface area contributed by atoms with Gasteiger partial charge in [0.05, 0.1) is 0 Å². The molecule has 2 aromatic heterocycles. The Balaban J connectivity index is 2.87. The molecule has 0 spiro atoms. The number of aromatic nitrogens is 2. The Morgan fingerprint density at radius 3 is 2.88 bits per heavy atom. The number of aryl methyl sites for hydroxylation is 1. The molecule has 17 heavy (non-hydrogen) atoms. The summed E-state index contributed by atoms with van der Waals surface area (Å²) >= 11 is 2.85. The first kappa shape index (κ1) is 12.1. The van der Waals surface area contributed by atoms with Gasteiger partial charge in [0.25, 0.3) is 0 Å². The summed E-state index contributed by atoms with van der Waals surface area (Å²) in [6.45, 7) is 2.50. The molecule has 0 saturated carbocycles. The summed E-state index contributed by atoms with van der Waals surface area (Å²) in [6, 6.07) is 0. The summed E-state index contributed by atoms with van der Waals surface area (Å²) in [6.07, 6.45) is 3.26. The number of hydrogen-bond acceptors (Lipinski definition) is 5. The second-order valence-corrected chi connectivity index (χ2v) is 5.33.